The second kappa shape index (κ2) is 7.31. The normalized spacial score (nSPS) is 12.2. The molecule has 0 saturated heterocycles. The van der Waals surface area contributed by atoms with Gasteiger partial charge in [0, 0.05) is 11.6 Å². The fourth-order valence-corrected chi connectivity index (χ4v) is 2.26. The van der Waals surface area contributed by atoms with Gasteiger partial charge in [-0.2, -0.15) is 5.10 Å². The number of hydrogen-bond acceptors (Lipinski definition) is 5. The fraction of sp³-hybridized carbons (Fsp3) is 0.357. The second-order valence-corrected chi connectivity index (χ2v) is 4.84. The quantitative estimate of drug-likeness (QED) is 0.605. The van der Waals surface area contributed by atoms with Crippen molar-refractivity contribution in [3.8, 4) is 11.5 Å². The van der Waals surface area contributed by atoms with Gasteiger partial charge in [-0.1, -0.05) is 17.7 Å². The summed E-state index contributed by atoms with van der Waals surface area (Å²) in [6.07, 6.45) is 1.67. The van der Waals surface area contributed by atoms with Crippen molar-refractivity contribution in [1.29, 1.82) is 0 Å². The molecule has 1 aromatic heterocycles. The highest BCUT2D eigenvalue weighted by molar-refractivity contribution is 6.30. The molecule has 0 radical (unpaired) electrons. The van der Waals surface area contributed by atoms with Gasteiger partial charge in [0.25, 0.3) is 0 Å². The van der Waals surface area contributed by atoms with E-state index < -0.39 is 0 Å². The Morgan fingerprint density at radius 2 is 2.29 bits per heavy atom. The molecule has 1 atom stereocenters. The Labute approximate surface area is 128 Å². The third-order valence-electron chi connectivity index (χ3n) is 3.11. The molecule has 0 amide bonds. The van der Waals surface area contributed by atoms with Gasteiger partial charge in [-0.05, 0) is 25.1 Å². The summed E-state index contributed by atoms with van der Waals surface area (Å²) in [7, 11) is 1.60. The third kappa shape index (κ3) is 3.66. The van der Waals surface area contributed by atoms with Gasteiger partial charge in [0.1, 0.15) is 24.1 Å². The molecule has 0 fully saturated rings. The predicted molar refractivity (Wildman–Crippen MR) is 81.5 cm³/mol. The summed E-state index contributed by atoms with van der Waals surface area (Å²) in [5.41, 5.74) is 3.59. The van der Waals surface area contributed by atoms with Crippen LogP contribution in [0.4, 0.5) is 0 Å². The average molecular weight is 311 g/mol. The minimum atomic E-state index is -0.249. The van der Waals surface area contributed by atoms with Crippen molar-refractivity contribution in [2.45, 2.75) is 19.5 Å². The van der Waals surface area contributed by atoms with E-state index in [1.165, 1.54) is 0 Å². The molecule has 3 N–H and O–H groups in total. The van der Waals surface area contributed by atoms with Crippen LogP contribution in [-0.2, 0) is 6.54 Å². The maximum atomic E-state index is 5.93. The summed E-state index contributed by atoms with van der Waals surface area (Å²) < 4.78 is 12.9. The minimum Gasteiger partial charge on any atom is -0.493 e. The lowest BCUT2D eigenvalue weighted by Gasteiger charge is -2.19. The summed E-state index contributed by atoms with van der Waals surface area (Å²) in [5.74, 6) is 7.01. The summed E-state index contributed by atoms with van der Waals surface area (Å²) in [6.45, 7) is 3.05. The van der Waals surface area contributed by atoms with Crippen LogP contribution in [0.3, 0.4) is 0 Å². The van der Waals surface area contributed by atoms with Crippen molar-refractivity contribution in [3.63, 3.8) is 0 Å². The molecule has 0 aliphatic carbocycles. The van der Waals surface area contributed by atoms with Crippen LogP contribution in [0.5, 0.6) is 11.5 Å². The van der Waals surface area contributed by atoms with Crippen LogP contribution in [0.15, 0.2) is 30.5 Å². The number of rotatable bonds is 7. The molecule has 1 heterocycles. The molecule has 6 nitrogen and oxygen atoms in total. The Hall–Kier alpha value is -1.76. The lowest BCUT2D eigenvalue weighted by atomic mass is 10.2. The molecular weight excluding hydrogens is 292 g/mol. The first-order chi connectivity index (χ1) is 10.2. The third-order valence-corrected chi connectivity index (χ3v) is 3.34. The Morgan fingerprint density at radius 3 is 2.90 bits per heavy atom. The zero-order valence-electron chi connectivity index (χ0n) is 12.0. The first-order valence-electron chi connectivity index (χ1n) is 6.63. The number of methoxy groups -OCH3 is 1. The standard InChI is InChI=1S/C14H19ClN4O2/c1-3-19-14(13(20-2)8-17-19)12(18-16)9-21-11-6-4-5-10(15)7-11/h4-8,12,18H,3,9,16H2,1-2H3. The number of aromatic nitrogens is 2. The van der Waals surface area contributed by atoms with Gasteiger partial charge in [-0.15, -0.1) is 0 Å². The average Bonchev–Trinajstić information content (AvgIpc) is 2.91. The maximum absolute atomic E-state index is 5.93. The van der Waals surface area contributed by atoms with Crippen molar-refractivity contribution < 1.29 is 9.47 Å². The number of ether oxygens (including phenoxy) is 2. The van der Waals surface area contributed by atoms with Crippen molar-refractivity contribution >= 4 is 11.6 Å². The molecule has 21 heavy (non-hydrogen) atoms. The lowest BCUT2D eigenvalue weighted by molar-refractivity contribution is 0.256. The number of hydrogen-bond donors (Lipinski definition) is 2. The number of nitrogens with zero attached hydrogens (tertiary/aromatic N) is 2. The highest BCUT2D eigenvalue weighted by Crippen LogP contribution is 2.26. The second-order valence-electron chi connectivity index (χ2n) is 4.40. The summed E-state index contributed by atoms with van der Waals surface area (Å²) >= 11 is 5.93. The number of nitrogens with two attached hydrogens (primary N) is 1. The maximum Gasteiger partial charge on any atom is 0.161 e. The smallest absolute Gasteiger partial charge is 0.161 e. The van der Waals surface area contributed by atoms with E-state index in [2.05, 4.69) is 10.5 Å². The van der Waals surface area contributed by atoms with Crippen molar-refractivity contribution in [1.82, 2.24) is 15.2 Å². The highest BCUT2D eigenvalue weighted by atomic mass is 35.5. The molecule has 0 bridgehead atoms. The van der Waals surface area contributed by atoms with Gasteiger partial charge in [-0.25, -0.2) is 5.43 Å². The van der Waals surface area contributed by atoms with Crippen molar-refractivity contribution in [3.05, 3.63) is 41.2 Å². The van der Waals surface area contributed by atoms with Gasteiger partial charge in [0.2, 0.25) is 0 Å². The molecule has 1 aromatic carbocycles. The molecule has 0 aliphatic rings. The Balaban J connectivity index is 2.15. The van der Waals surface area contributed by atoms with Gasteiger partial charge in [-0.3, -0.25) is 10.5 Å². The van der Waals surface area contributed by atoms with E-state index in [-0.39, 0.29) is 6.04 Å². The van der Waals surface area contributed by atoms with Crippen LogP contribution in [0.2, 0.25) is 5.02 Å². The first kappa shape index (κ1) is 15.6. The molecule has 1 unspecified atom stereocenters. The summed E-state index contributed by atoms with van der Waals surface area (Å²) in [6, 6.07) is 6.97. The SMILES string of the molecule is CCn1ncc(OC)c1C(COc1cccc(Cl)c1)NN. The van der Waals surface area contributed by atoms with Gasteiger partial charge in [0.15, 0.2) is 5.75 Å². The minimum absolute atomic E-state index is 0.249. The van der Waals surface area contributed by atoms with Crippen LogP contribution in [0.1, 0.15) is 18.7 Å². The molecular formula is C14H19ClN4O2. The number of nitrogens with one attached hydrogen (secondary N) is 1. The molecule has 0 aliphatic heterocycles. The molecule has 0 spiro atoms. The van der Waals surface area contributed by atoms with E-state index in [0.717, 1.165) is 5.69 Å². The molecule has 0 saturated carbocycles. The number of aryl methyl sites for hydroxylation is 1. The first-order valence-corrected chi connectivity index (χ1v) is 7.01. The van der Waals surface area contributed by atoms with E-state index in [4.69, 9.17) is 26.9 Å². The lowest BCUT2D eigenvalue weighted by Crippen LogP contribution is -2.34. The summed E-state index contributed by atoms with van der Waals surface area (Å²) in [5, 5.41) is 4.89. The van der Waals surface area contributed by atoms with Crippen molar-refractivity contribution in [2.24, 2.45) is 5.84 Å². The predicted octanol–water partition coefficient (Wildman–Crippen LogP) is 2.15. The highest BCUT2D eigenvalue weighted by Gasteiger charge is 2.21. The Bertz CT molecular complexity index is 567. The molecule has 2 aromatic rings. The van der Waals surface area contributed by atoms with E-state index in [9.17, 15) is 0 Å². The monoisotopic (exact) mass is 310 g/mol. The summed E-state index contributed by atoms with van der Waals surface area (Å²) in [4.78, 5) is 0. The largest absolute Gasteiger partial charge is 0.493 e. The number of hydrazine groups is 1. The zero-order valence-corrected chi connectivity index (χ0v) is 12.8. The number of benzene rings is 1. The van der Waals surface area contributed by atoms with Crippen LogP contribution >= 0.6 is 11.6 Å². The van der Waals surface area contributed by atoms with Crippen LogP contribution in [0, 0.1) is 0 Å². The van der Waals surface area contributed by atoms with Gasteiger partial charge < -0.3 is 9.47 Å². The molecule has 2 rings (SSSR count). The Morgan fingerprint density at radius 1 is 1.48 bits per heavy atom. The topological polar surface area (TPSA) is 74.3 Å². The van der Waals surface area contributed by atoms with Crippen LogP contribution in [0.25, 0.3) is 0 Å². The van der Waals surface area contributed by atoms with Gasteiger partial charge >= 0.3 is 0 Å². The zero-order chi connectivity index (χ0) is 15.2. The van der Waals surface area contributed by atoms with E-state index >= 15 is 0 Å². The van der Waals surface area contributed by atoms with E-state index in [0.29, 0.717) is 29.7 Å². The Kier molecular flexibility index (Phi) is 5.44. The van der Waals surface area contributed by atoms with E-state index in [1.807, 2.05) is 23.7 Å². The van der Waals surface area contributed by atoms with E-state index in [1.54, 1.807) is 25.4 Å². The van der Waals surface area contributed by atoms with Gasteiger partial charge in [0.05, 0.1) is 13.3 Å². The van der Waals surface area contributed by atoms with Crippen LogP contribution < -0.4 is 20.7 Å². The van der Waals surface area contributed by atoms with Crippen LogP contribution in [-0.4, -0.2) is 23.5 Å². The number of halogens is 1. The fourth-order valence-electron chi connectivity index (χ4n) is 2.08. The van der Waals surface area contributed by atoms with Crippen molar-refractivity contribution in [2.75, 3.05) is 13.7 Å². The molecule has 7 heteroatoms. The molecule has 114 valence electrons.